The van der Waals surface area contributed by atoms with Gasteiger partial charge in [0.25, 0.3) is 0 Å². The number of hydrogen-bond acceptors (Lipinski definition) is 0. The topological polar surface area (TPSA) is 0 Å². The Hall–Kier alpha value is -1.73. The first-order valence-corrected chi connectivity index (χ1v) is 7.68. The summed E-state index contributed by atoms with van der Waals surface area (Å²) in [6.45, 7) is 7.98. The van der Waals surface area contributed by atoms with Crippen molar-refractivity contribution in [3.63, 3.8) is 0 Å². The zero-order valence-electron chi connectivity index (χ0n) is 11.1. The van der Waals surface area contributed by atoms with Crippen molar-refractivity contribution in [2.45, 2.75) is 17.7 Å². The summed E-state index contributed by atoms with van der Waals surface area (Å²) in [6, 6.07) is 10.6. The van der Waals surface area contributed by atoms with Crippen LogP contribution in [-0.2, 0) is 10.9 Å². The summed E-state index contributed by atoms with van der Waals surface area (Å²) in [5.41, 5.74) is 0. The Morgan fingerprint density at radius 1 is 1.21 bits per heavy atom. The molecule has 1 atom stereocenters. The van der Waals surface area contributed by atoms with Crippen LogP contribution in [-0.4, -0.2) is 0 Å². The van der Waals surface area contributed by atoms with Crippen molar-refractivity contribution < 1.29 is 0 Å². The van der Waals surface area contributed by atoms with E-state index in [0.717, 1.165) is 17.7 Å². The highest BCUT2D eigenvalue weighted by Gasteiger charge is 2.30. The molecule has 2 rings (SSSR count). The standard InChI is InChI=1S/C18H19S/c1-3-4-11-16(2)19(17-12-7-5-8-13-17)18-14-9-6-10-15-18/h3-9,11-14H,1-2,10,15H2/q+1/b11-4-. The van der Waals surface area contributed by atoms with Gasteiger partial charge < -0.3 is 0 Å². The molecule has 1 aliphatic carbocycles. The second kappa shape index (κ2) is 7.01. The molecule has 0 heterocycles. The number of benzene rings is 1. The van der Waals surface area contributed by atoms with Crippen LogP contribution in [0, 0.1) is 0 Å². The molecule has 0 N–H and O–H groups in total. The Balaban J connectivity index is 2.36. The van der Waals surface area contributed by atoms with Crippen molar-refractivity contribution in [3.8, 4) is 0 Å². The second-order valence-corrected chi connectivity index (χ2v) is 6.41. The van der Waals surface area contributed by atoms with Crippen LogP contribution in [0.25, 0.3) is 0 Å². The monoisotopic (exact) mass is 267 g/mol. The summed E-state index contributed by atoms with van der Waals surface area (Å²) >= 11 is 0. The molecule has 0 aromatic heterocycles. The minimum absolute atomic E-state index is 0.0397. The van der Waals surface area contributed by atoms with Crippen LogP contribution in [0.2, 0.25) is 0 Å². The van der Waals surface area contributed by atoms with Crippen molar-refractivity contribution in [1.82, 2.24) is 0 Å². The van der Waals surface area contributed by atoms with E-state index >= 15 is 0 Å². The number of hydrogen-bond donors (Lipinski definition) is 0. The van der Waals surface area contributed by atoms with Crippen molar-refractivity contribution in [1.29, 1.82) is 0 Å². The lowest BCUT2D eigenvalue weighted by atomic mass is 10.2. The molecule has 1 aromatic rings. The summed E-state index contributed by atoms with van der Waals surface area (Å²) in [5.74, 6) is 0. The van der Waals surface area contributed by atoms with Crippen LogP contribution in [0.5, 0.6) is 0 Å². The molecule has 0 nitrogen and oxygen atoms in total. The van der Waals surface area contributed by atoms with Crippen LogP contribution >= 0.6 is 0 Å². The molecule has 0 bridgehead atoms. The van der Waals surface area contributed by atoms with E-state index in [1.165, 1.54) is 9.80 Å². The zero-order valence-corrected chi connectivity index (χ0v) is 11.9. The quantitative estimate of drug-likeness (QED) is 0.511. The number of allylic oxidation sites excluding steroid dienone is 7. The van der Waals surface area contributed by atoms with Gasteiger partial charge in [-0.15, -0.1) is 0 Å². The van der Waals surface area contributed by atoms with Crippen LogP contribution in [0.15, 0.2) is 94.7 Å². The van der Waals surface area contributed by atoms with Gasteiger partial charge >= 0.3 is 0 Å². The Labute approximate surface area is 118 Å². The van der Waals surface area contributed by atoms with E-state index < -0.39 is 0 Å². The number of rotatable bonds is 5. The van der Waals surface area contributed by atoms with Gasteiger partial charge in [-0.25, -0.2) is 0 Å². The molecule has 96 valence electrons. The lowest BCUT2D eigenvalue weighted by molar-refractivity contribution is 1.02. The predicted molar refractivity (Wildman–Crippen MR) is 87.0 cm³/mol. The van der Waals surface area contributed by atoms with E-state index in [4.69, 9.17) is 0 Å². The molecule has 0 radical (unpaired) electrons. The average Bonchev–Trinajstić information content (AvgIpc) is 2.47. The van der Waals surface area contributed by atoms with Crippen molar-refractivity contribution in [2.24, 2.45) is 0 Å². The smallest absolute Gasteiger partial charge is 0.0991 e. The lowest BCUT2D eigenvalue weighted by Gasteiger charge is -2.12. The van der Waals surface area contributed by atoms with Crippen LogP contribution in [0.3, 0.4) is 0 Å². The van der Waals surface area contributed by atoms with Gasteiger partial charge in [0.05, 0.1) is 10.9 Å². The van der Waals surface area contributed by atoms with E-state index in [9.17, 15) is 0 Å². The summed E-state index contributed by atoms with van der Waals surface area (Å²) in [5, 5.41) is 0. The Morgan fingerprint density at radius 2 is 2.00 bits per heavy atom. The third-order valence-electron chi connectivity index (χ3n) is 2.90. The fourth-order valence-corrected chi connectivity index (χ4v) is 4.14. The van der Waals surface area contributed by atoms with Crippen molar-refractivity contribution in [2.75, 3.05) is 0 Å². The SMILES string of the molecule is C=C/C=C\C(=C)[S+](C1=CC=CCC1)c1ccccc1. The van der Waals surface area contributed by atoms with E-state index in [1.807, 2.05) is 6.08 Å². The normalized spacial score (nSPS) is 16.1. The van der Waals surface area contributed by atoms with Crippen molar-refractivity contribution in [3.05, 3.63) is 89.8 Å². The molecule has 1 unspecified atom stereocenters. The summed E-state index contributed by atoms with van der Waals surface area (Å²) in [7, 11) is -0.0397. The van der Waals surface area contributed by atoms with Gasteiger partial charge in [-0.1, -0.05) is 49.1 Å². The molecule has 0 saturated heterocycles. The van der Waals surface area contributed by atoms with Gasteiger partial charge in [0.2, 0.25) is 0 Å². The van der Waals surface area contributed by atoms with Crippen LogP contribution in [0.1, 0.15) is 12.8 Å². The van der Waals surface area contributed by atoms with Crippen molar-refractivity contribution >= 4 is 10.9 Å². The third-order valence-corrected chi connectivity index (χ3v) is 5.17. The first-order valence-electron chi connectivity index (χ1n) is 6.46. The molecule has 1 aliphatic rings. The summed E-state index contributed by atoms with van der Waals surface area (Å²) < 4.78 is 0. The highest BCUT2D eigenvalue weighted by atomic mass is 32.2. The molecule has 19 heavy (non-hydrogen) atoms. The first kappa shape index (κ1) is 13.7. The molecular weight excluding hydrogens is 248 g/mol. The maximum atomic E-state index is 4.26. The third kappa shape index (κ3) is 3.62. The lowest BCUT2D eigenvalue weighted by Crippen LogP contribution is -2.08. The maximum Gasteiger partial charge on any atom is 0.166 e. The highest BCUT2D eigenvalue weighted by molar-refractivity contribution is 8.04. The average molecular weight is 267 g/mol. The van der Waals surface area contributed by atoms with Gasteiger partial charge in [-0.05, 0) is 37.3 Å². The Kier molecular flexibility index (Phi) is 5.05. The first-order chi connectivity index (χ1) is 9.33. The fraction of sp³-hybridized carbons (Fsp3) is 0.111. The molecule has 0 amide bonds. The molecule has 0 fully saturated rings. The van der Waals surface area contributed by atoms with Gasteiger partial charge in [0.1, 0.15) is 4.91 Å². The molecule has 0 saturated carbocycles. The van der Waals surface area contributed by atoms with E-state index in [0.29, 0.717) is 0 Å². The van der Waals surface area contributed by atoms with Gasteiger partial charge in [0, 0.05) is 6.42 Å². The van der Waals surface area contributed by atoms with E-state index in [1.54, 1.807) is 6.08 Å². The molecule has 0 aliphatic heterocycles. The van der Waals surface area contributed by atoms with Gasteiger partial charge in [0.15, 0.2) is 9.80 Å². The molecule has 1 heteroatoms. The molecular formula is C18H19S+. The second-order valence-electron chi connectivity index (χ2n) is 4.28. The van der Waals surface area contributed by atoms with Crippen LogP contribution < -0.4 is 0 Å². The fourth-order valence-electron chi connectivity index (χ4n) is 2.02. The minimum atomic E-state index is -0.0397. The molecule has 1 aromatic carbocycles. The predicted octanol–water partition coefficient (Wildman–Crippen LogP) is 5.15. The molecule has 0 spiro atoms. The maximum absolute atomic E-state index is 4.26. The largest absolute Gasteiger partial charge is 0.166 e. The minimum Gasteiger partial charge on any atom is -0.0991 e. The van der Waals surface area contributed by atoms with Gasteiger partial charge in [-0.3, -0.25) is 0 Å². The Morgan fingerprint density at radius 3 is 2.63 bits per heavy atom. The van der Waals surface area contributed by atoms with E-state index in [2.05, 4.69) is 67.8 Å². The van der Waals surface area contributed by atoms with E-state index in [-0.39, 0.29) is 10.9 Å². The van der Waals surface area contributed by atoms with Crippen LogP contribution in [0.4, 0.5) is 0 Å². The summed E-state index contributed by atoms with van der Waals surface area (Å²) in [4.78, 5) is 3.95. The van der Waals surface area contributed by atoms with Gasteiger partial charge in [-0.2, -0.15) is 0 Å². The summed E-state index contributed by atoms with van der Waals surface area (Å²) in [6.07, 6.45) is 14.7. The Bertz CT molecular complexity index is 532. The highest BCUT2D eigenvalue weighted by Crippen LogP contribution is 2.33. The zero-order chi connectivity index (χ0) is 13.5.